The number of hydrogen-bond donors (Lipinski definition) is 1. The fourth-order valence-corrected chi connectivity index (χ4v) is 2.59. The van der Waals surface area contributed by atoms with Gasteiger partial charge in [0.1, 0.15) is 10.8 Å². The Morgan fingerprint density at radius 1 is 1.52 bits per heavy atom. The van der Waals surface area contributed by atoms with Crippen LogP contribution < -0.4 is 10.2 Å². The Morgan fingerprint density at radius 2 is 2.24 bits per heavy atom. The van der Waals surface area contributed by atoms with Gasteiger partial charge in [0.2, 0.25) is 0 Å². The Morgan fingerprint density at radius 3 is 2.86 bits per heavy atom. The van der Waals surface area contributed by atoms with Crippen molar-refractivity contribution in [1.82, 2.24) is 0 Å². The van der Waals surface area contributed by atoms with Crippen molar-refractivity contribution in [3.63, 3.8) is 0 Å². The zero-order chi connectivity index (χ0) is 15.6. The lowest BCUT2D eigenvalue weighted by Crippen LogP contribution is -2.50. The number of halogens is 1. The van der Waals surface area contributed by atoms with Gasteiger partial charge in [-0.1, -0.05) is 33.0 Å². The number of anilines is 2. The molecule has 0 aromatic heterocycles. The summed E-state index contributed by atoms with van der Waals surface area (Å²) < 4.78 is 18.8. The molecule has 0 fully saturated rings. The Labute approximate surface area is 129 Å². The van der Waals surface area contributed by atoms with Crippen molar-refractivity contribution in [2.75, 3.05) is 16.8 Å². The van der Waals surface area contributed by atoms with Crippen LogP contribution in [0, 0.1) is 11.7 Å². The van der Waals surface area contributed by atoms with Crippen LogP contribution in [0.3, 0.4) is 0 Å². The Kier molecular flexibility index (Phi) is 4.77. The molecule has 2 rings (SSSR count). The highest BCUT2D eigenvalue weighted by Crippen LogP contribution is 2.34. The quantitative estimate of drug-likeness (QED) is 0.858. The van der Waals surface area contributed by atoms with Gasteiger partial charge in [-0.15, -0.1) is 0 Å². The molecule has 21 heavy (non-hydrogen) atoms. The summed E-state index contributed by atoms with van der Waals surface area (Å²) in [5.41, 5.74) is 1.08. The van der Waals surface area contributed by atoms with E-state index in [0.717, 1.165) is 0 Å². The van der Waals surface area contributed by atoms with Crippen molar-refractivity contribution in [2.45, 2.75) is 33.2 Å². The maximum Gasteiger partial charge on any atom is 0.415 e. The number of benzene rings is 1. The van der Waals surface area contributed by atoms with Crippen LogP contribution in [0.15, 0.2) is 18.2 Å². The summed E-state index contributed by atoms with van der Waals surface area (Å²) in [6, 6.07) is 3.90. The zero-order valence-corrected chi connectivity index (χ0v) is 13.2. The van der Waals surface area contributed by atoms with Gasteiger partial charge in [0.25, 0.3) is 0 Å². The minimum absolute atomic E-state index is 0.232. The third-order valence-electron chi connectivity index (χ3n) is 3.22. The summed E-state index contributed by atoms with van der Waals surface area (Å²) >= 11 is 5.31. The number of nitrogens with zero attached hydrogens (tertiary/aromatic N) is 1. The minimum atomic E-state index is -0.494. The highest BCUT2D eigenvalue weighted by Gasteiger charge is 2.34. The highest BCUT2D eigenvalue weighted by atomic mass is 32.1. The largest absolute Gasteiger partial charge is 0.449 e. The van der Waals surface area contributed by atoms with E-state index in [1.165, 1.54) is 17.0 Å². The van der Waals surface area contributed by atoms with Gasteiger partial charge in [0.15, 0.2) is 0 Å². The Hall–Kier alpha value is -1.69. The van der Waals surface area contributed by atoms with E-state index in [-0.39, 0.29) is 12.0 Å². The van der Waals surface area contributed by atoms with Crippen molar-refractivity contribution >= 4 is 34.7 Å². The van der Waals surface area contributed by atoms with Crippen LogP contribution in [0.25, 0.3) is 0 Å². The van der Waals surface area contributed by atoms with Crippen LogP contribution >= 0.6 is 12.2 Å². The number of ether oxygens (including phenoxy) is 1. The Balaban J connectivity index is 2.37. The van der Waals surface area contributed by atoms with Crippen molar-refractivity contribution in [3.05, 3.63) is 24.0 Å². The molecular weight excluding hydrogens is 291 g/mol. The lowest BCUT2D eigenvalue weighted by molar-refractivity contribution is 0.139. The molecule has 4 nitrogen and oxygen atoms in total. The van der Waals surface area contributed by atoms with Crippen molar-refractivity contribution in [1.29, 1.82) is 0 Å². The van der Waals surface area contributed by atoms with E-state index in [1.807, 2.05) is 20.8 Å². The van der Waals surface area contributed by atoms with Gasteiger partial charge in [0, 0.05) is 0 Å². The van der Waals surface area contributed by atoms with Gasteiger partial charge in [-0.05, 0) is 30.5 Å². The lowest BCUT2D eigenvalue weighted by Gasteiger charge is -2.37. The molecule has 1 heterocycles. The number of rotatable bonds is 3. The van der Waals surface area contributed by atoms with E-state index < -0.39 is 11.9 Å². The van der Waals surface area contributed by atoms with Gasteiger partial charge in [0.05, 0.1) is 24.0 Å². The van der Waals surface area contributed by atoms with E-state index >= 15 is 0 Å². The number of nitrogens with one attached hydrogen (secondary N) is 1. The van der Waals surface area contributed by atoms with Crippen molar-refractivity contribution < 1.29 is 13.9 Å². The second-order valence-corrected chi connectivity index (χ2v) is 5.86. The molecule has 1 N–H and O–H groups in total. The number of carbonyl (C=O) groups excluding carboxylic acids is 1. The van der Waals surface area contributed by atoms with Crippen LogP contribution in [-0.4, -0.2) is 23.7 Å². The summed E-state index contributed by atoms with van der Waals surface area (Å²) in [7, 11) is 0. The zero-order valence-electron chi connectivity index (χ0n) is 12.4. The van der Waals surface area contributed by atoms with Crippen LogP contribution in [0.5, 0.6) is 0 Å². The van der Waals surface area contributed by atoms with Crippen molar-refractivity contribution in [3.8, 4) is 0 Å². The fraction of sp³-hybridized carbons (Fsp3) is 0.467. The number of carbonyl (C=O) groups is 1. The first-order chi connectivity index (χ1) is 9.93. The van der Waals surface area contributed by atoms with Crippen LogP contribution in [0.2, 0.25) is 0 Å². The number of thiocarbonyl (C=S) groups is 1. The first-order valence-corrected chi connectivity index (χ1v) is 7.41. The van der Waals surface area contributed by atoms with Gasteiger partial charge >= 0.3 is 6.09 Å². The maximum atomic E-state index is 13.5. The van der Waals surface area contributed by atoms with E-state index in [9.17, 15) is 9.18 Å². The van der Waals surface area contributed by atoms with Crippen LogP contribution in [0.1, 0.15) is 27.2 Å². The molecule has 0 bridgehead atoms. The van der Waals surface area contributed by atoms with E-state index in [0.29, 0.717) is 29.4 Å². The molecule has 0 saturated heterocycles. The fourth-order valence-electron chi connectivity index (χ4n) is 2.21. The molecule has 0 saturated carbocycles. The molecular formula is C15H19FN2O2S. The molecule has 1 aromatic rings. The summed E-state index contributed by atoms with van der Waals surface area (Å²) in [6.45, 7) is 6.16. The number of hydrogen-bond acceptors (Lipinski definition) is 3. The third kappa shape index (κ3) is 3.32. The van der Waals surface area contributed by atoms with E-state index in [2.05, 4.69) is 5.32 Å². The van der Waals surface area contributed by atoms with Crippen LogP contribution in [-0.2, 0) is 4.74 Å². The smallest absolute Gasteiger partial charge is 0.415 e. The minimum Gasteiger partial charge on any atom is -0.449 e. The van der Waals surface area contributed by atoms with Gasteiger partial charge in [-0.3, -0.25) is 4.90 Å². The third-order valence-corrected chi connectivity index (χ3v) is 3.59. The molecule has 0 unspecified atom stereocenters. The summed E-state index contributed by atoms with van der Waals surface area (Å²) in [5.74, 6) is -0.171. The van der Waals surface area contributed by atoms with Gasteiger partial charge in [-0.25, -0.2) is 9.18 Å². The number of fused-ring (bicyclic) bond motifs is 1. The predicted molar refractivity (Wildman–Crippen MR) is 85.4 cm³/mol. The molecule has 1 aliphatic heterocycles. The van der Waals surface area contributed by atoms with Crippen LogP contribution in [0.4, 0.5) is 20.6 Å². The molecule has 1 aromatic carbocycles. The molecule has 6 heteroatoms. The monoisotopic (exact) mass is 310 g/mol. The molecule has 1 amide bonds. The second kappa shape index (κ2) is 6.39. The second-order valence-electron chi connectivity index (χ2n) is 5.42. The van der Waals surface area contributed by atoms with E-state index in [1.54, 1.807) is 6.07 Å². The molecule has 1 aliphatic rings. The average molecular weight is 310 g/mol. The topological polar surface area (TPSA) is 41.6 Å². The molecule has 0 aliphatic carbocycles. The van der Waals surface area contributed by atoms with Gasteiger partial charge in [-0.2, -0.15) is 0 Å². The standard InChI is InChI=1S/C15H19FN2O2S/c1-4-12-14(21)17-11-6-5-10(16)7-13(11)18(12)15(19)20-8-9(2)3/h5-7,9,12H,4,8H2,1-3H3,(H,17,21)/t12-/m0/s1. The molecule has 1 atom stereocenters. The Bertz CT molecular complexity index is 563. The summed E-state index contributed by atoms with van der Waals surface area (Å²) in [4.78, 5) is 14.4. The van der Waals surface area contributed by atoms with Gasteiger partial charge < -0.3 is 10.1 Å². The maximum absolute atomic E-state index is 13.5. The molecule has 114 valence electrons. The van der Waals surface area contributed by atoms with Crippen molar-refractivity contribution in [2.24, 2.45) is 5.92 Å². The summed E-state index contributed by atoms with van der Waals surface area (Å²) in [6.07, 6.45) is 0.129. The molecule has 0 spiro atoms. The number of amides is 1. The highest BCUT2D eigenvalue weighted by molar-refractivity contribution is 7.80. The lowest BCUT2D eigenvalue weighted by atomic mass is 10.1. The first kappa shape index (κ1) is 15.7. The summed E-state index contributed by atoms with van der Waals surface area (Å²) in [5, 5.41) is 3.05. The normalized spacial score (nSPS) is 17.5. The first-order valence-electron chi connectivity index (χ1n) is 7.00. The molecule has 0 radical (unpaired) electrons. The average Bonchev–Trinajstić information content (AvgIpc) is 2.43. The van der Waals surface area contributed by atoms with E-state index in [4.69, 9.17) is 17.0 Å². The SMILES string of the molecule is CC[C@H]1C(=S)Nc2ccc(F)cc2N1C(=O)OCC(C)C. The predicted octanol–water partition coefficient (Wildman–Crippen LogP) is 3.96.